The molecule has 0 atom stereocenters. The Hall–Kier alpha value is -2.23. The Morgan fingerprint density at radius 1 is 1.07 bits per heavy atom. The van der Waals surface area contributed by atoms with Gasteiger partial charge in [-0.05, 0) is 61.4 Å². The first kappa shape index (κ1) is 21.0. The number of hydrogen-bond acceptors (Lipinski definition) is 5. The molecule has 2 aliphatic rings. The Balaban J connectivity index is 1.91. The highest BCUT2D eigenvalue weighted by atomic mass is 127. The van der Waals surface area contributed by atoms with E-state index in [1.54, 1.807) is 54.6 Å². The molecule has 0 saturated heterocycles. The maximum absolute atomic E-state index is 13.2. The summed E-state index contributed by atoms with van der Waals surface area (Å²) in [6, 6.07) is 13.2. The van der Waals surface area contributed by atoms with Gasteiger partial charge < -0.3 is 13.2 Å². The first-order chi connectivity index (χ1) is 14.3. The van der Waals surface area contributed by atoms with Gasteiger partial charge in [-0.3, -0.25) is 0 Å². The molecule has 2 aliphatic heterocycles. The molecule has 156 valence electrons. The van der Waals surface area contributed by atoms with E-state index in [1.165, 1.54) is 0 Å². The normalized spacial score (nSPS) is 18.2. The summed E-state index contributed by atoms with van der Waals surface area (Å²) < 4.78 is 35.3. The van der Waals surface area contributed by atoms with E-state index in [0.29, 0.717) is 29.2 Å². The smallest absolute Gasteiger partial charge is 0.206 e. The maximum atomic E-state index is 13.2. The summed E-state index contributed by atoms with van der Waals surface area (Å²) in [6.45, 7) is 4.49. The summed E-state index contributed by atoms with van der Waals surface area (Å²) in [5, 5.41) is 12.8. The van der Waals surface area contributed by atoms with Crippen molar-refractivity contribution in [1.82, 2.24) is 3.28 Å². The van der Waals surface area contributed by atoms with Crippen molar-refractivity contribution in [2.45, 2.75) is 23.6 Å². The van der Waals surface area contributed by atoms with Crippen LogP contribution in [0.4, 0.5) is 0 Å². The van der Waals surface area contributed by atoms with Gasteiger partial charge in [0.15, 0.2) is 0 Å². The first-order valence-electron chi connectivity index (χ1n) is 9.40. The zero-order chi connectivity index (χ0) is 21.4. The number of hydroxylamine groups is 1. The van der Waals surface area contributed by atoms with Crippen molar-refractivity contribution in [1.29, 1.82) is 0 Å². The lowest BCUT2D eigenvalue weighted by molar-refractivity contribution is 0.225. The molecule has 2 aromatic rings. The van der Waals surface area contributed by atoms with Gasteiger partial charge in [-0.15, -0.1) is 0 Å². The van der Waals surface area contributed by atoms with Crippen molar-refractivity contribution in [2.24, 2.45) is 5.41 Å². The van der Waals surface area contributed by atoms with Crippen molar-refractivity contribution >= 4 is 40.4 Å². The predicted molar refractivity (Wildman–Crippen MR) is 128 cm³/mol. The van der Waals surface area contributed by atoms with Crippen LogP contribution < -0.4 is 4.74 Å². The Bertz CT molecular complexity index is 1190. The van der Waals surface area contributed by atoms with E-state index in [9.17, 15) is 13.6 Å². The molecule has 0 amide bonds. The summed E-state index contributed by atoms with van der Waals surface area (Å²) in [5.74, 6) is 0.573. The third-order valence-corrected chi connectivity index (χ3v) is 8.32. The molecule has 0 N–H and O–H groups in total. The third-order valence-electron chi connectivity index (χ3n) is 4.79. The van der Waals surface area contributed by atoms with Crippen LogP contribution in [-0.4, -0.2) is 22.3 Å². The van der Waals surface area contributed by atoms with Gasteiger partial charge in [-0.1, -0.05) is 50.3 Å². The lowest BCUT2D eigenvalue weighted by Gasteiger charge is -2.30. The van der Waals surface area contributed by atoms with E-state index in [4.69, 9.17) is 4.74 Å². The molecular formula is C23H21INO4S-. The molecule has 30 heavy (non-hydrogen) atoms. The second kappa shape index (κ2) is 8.13. The lowest BCUT2D eigenvalue weighted by Crippen LogP contribution is -2.18. The summed E-state index contributed by atoms with van der Waals surface area (Å²) in [5.41, 5.74) is 1.52. The van der Waals surface area contributed by atoms with Crippen LogP contribution in [0.5, 0.6) is 5.75 Å². The van der Waals surface area contributed by atoms with Crippen LogP contribution in [0.1, 0.15) is 19.4 Å². The number of halogens is 1. The second-order valence-electron chi connectivity index (χ2n) is 7.71. The van der Waals surface area contributed by atoms with Crippen molar-refractivity contribution in [3.8, 4) is 5.75 Å². The quantitative estimate of drug-likeness (QED) is 0.397. The summed E-state index contributed by atoms with van der Waals surface area (Å²) in [7, 11) is -3.70. The van der Waals surface area contributed by atoms with Crippen LogP contribution in [0.15, 0.2) is 88.3 Å². The van der Waals surface area contributed by atoms with Crippen LogP contribution in [0.25, 0.3) is 5.57 Å². The molecule has 0 unspecified atom stereocenters. The minimum atomic E-state index is -3.70. The fraction of sp³-hybridized carbons (Fsp3) is 0.174. The topological polar surface area (TPSA) is 69.7 Å². The van der Waals surface area contributed by atoms with Gasteiger partial charge in [0, 0.05) is 22.2 Å². The molecule has 7 heteroatoms. The molecule has 5 nitrogen and oxygen atoms in total. The minimum absolute atomic E-state index is 0.171. The molecule has 0 aromatic heterocycles. The molecular weight excluding hydrogens is 513 g/mol. The van der Waals surface area contributed by atoms with E-state index in [-0.39, 0.29) is 15.2 Å². The van der Waals surface area contributed by atoms with Gasteiger partial charge in [-0.25, -0.2) is 8.42 Å². The van der Waals surface area contributed by atoms with Crippen LogP contribution in [-0.2, 0) is 9.84 Å². The number of hydrogen-bond donors (Lipinski definition) is 0. The highest BCUT2D eigenvalue weighted by molar-refractivity contribution is 14.2. The van der Waals surface area contributed by atoms with Crippen LogP contribution >= 0.6 is 21.0 Å². The summed E-state index contributed by atoms with van der Waals surface area (Å²) in [6.07, 6.45) is 7.51. The molecule has 2 heterocycles. The van der Waals surface area contributed by atoms with Crippen molar-refractivity contribution in [3.05, 3.63) is 89.3 Å². The highest BCUT2D eigenvalue weighted by Crippen LogP contribution is 2.42. The van der Waals surface area contributed by atoms with E-state index in [2.05, 4.69) is 0 Å². The largest absolute Gasteiger partial charge is 0.750 e. The lowest BCUT2D eigenvalue weighted by atomic mass is 9.89. The number of fused-ring (bicyclic) bond motifs is 1. The second-order valence-corrected chi connectivity index (χ2v) is 11.8. The van der Waals surface area contributed by atoms with E-state index < -0.39 is 30.8 Å². The number of nitrogens with zero attached hydrogens (tertiary/aromatic N) is 1. The fourth-order valence-corrected chi connectivity index (χ4v) is 6.05. The van der Waals surface area contributed by atoms with E-state index in [0.717, 1.165) is 3.28 Å². The van der Waals surface area contributed by atoms with Crippen LogP contribution in [0.3, 0.4) is 0 Å². The number of benzene rings is 2. The molecule has 4 rings (SSSR count). The van der Waals surface area contributed by atoms with Gasteiger partial charge in [0.05, 0.1) is 16.4 Å². The van der Waals surface area contributed by atoms with Crippen LogP contribution in [0, 0.1) is 10.6 Å². The monoisotopic (exact) mass is 534 g/mol. The summed E-state index contributed by atoms with van der Waals surface area (Å²) in [4.78, 5) is 0.401. The molecule has 0 spiro atoms. The third kappa shape index (κ3) is 4.14. The zero-order valence-corrected chi connectivity index (χ0v) is 19.6. The van der Waals surface area contributed by atoms with Crippen molar-refractivity contribution in [3.63, 3.8) is 0 Å². The summed E-state index contributed by atoms with van der Waals surface area (Å²) >= 11 is -0.844. The van der Waals surface area contributed by atoms with Crippen molar-refractivity contribution < 1.29 is 13.2 Å². The van der Waals surface area contributed by atoms with Crippen molar-refractivity contribution in [2.75, 3.05) is 6.61 Å². The Kier molecular flexibility index (Phi) is 5.69. The zero-order valence-electron chi connectivity index (χ0n) is 16.6. The molecule has 0 fully saturated rings. The Morgan fingerprint density at radius 3 is 2.60 bits per heavy atom. The average Bonchev–Trinajstić information content (AvgIpc) is 3.02. The molecule has 0 aliphatic carbocycles. The number of allylic oxidation sites excluding steroid dienone is 4. The average molecular weight is 534 g/mol. The van der Waals surface area contributed by atoms with Gasteiger partial charge in [0.25, 0.3) is 0 Å². The minimum Gasteiger partial charge on any atom is -0.750 e. The number of ether oxygens (including phenoxy) is 1. The SMILES string of the molecule is CC1(C)C=C(C2=CC=CC=IN2[O-])c2cc(S(=O)(=O)c3ccccc3)ccc2OC1. The van der Waals surface area contributed by atoms with Gasteiger partial charge in [0.1, 0.15) is 5.75 Å². The van der Waals surface area contributed by atoms with Crippen LogP contribution in [0.2, 0.25) is 0 Å². The molecule has 0 saturated carbocycles. The van der Waals surface area contributed by atoms with Gasteiger partial charge in [-0.2, -0.15) is 0 Å². The number of sulfone groups is 1. The van der Waals surface area contributed by atoms with E-state index in [1.807, 2.05) is 36.1 Å². The number of rotatable bonds is 3. The Labute approximate surface area is 187 Å². The fourth-order valence-electron chi connectivity index (χ4n) is 3.30. The van der Waals surface area contributed by atoms with E-state index >= 15 is 0 Å². The standard InChI is InChI=1S/C23H21INO4S/c1-23(2)15-20(21-10-6-7-13-24-25(21)26)19-14-18(11-12-22(19)29-16-23)30(27,28)17-8-4-3-5-9-17/h3-15H,16H2,1-2H3/q-1. The molecule has 0 bridgehead atoms. The first-order valence-corrected chi connectivity index (χ1v) is 13.1. The molecule has 0 radical (unpaired) electrons. The van der Waals surface area contributed by atoms with Gasteiger partial charge in [0.2, 0.25) is 9.84 Å². The Morgan fingerprint density at radius 2 is 1.83 bits per heavy atom. The highest BCUT2D eigenvalue weighted by Gasteiger charge is 2.28. The predicted octanol–water partition coefficient (Wildman–Crippen LogP) is 5.26. The molecule has 2 aromatic carbocycles. The maximum Gasteiger partial charge on any atom is 0.206 e. The van der Waals surface area contributed by atoms with Gasteiger partial charge >= 0.3 is 0 Å².